The van der Waals surface area contributed by atoms with Crippen molar-refractivity contribution < 1.29 is 27.7 Å². The van der Waals surface area contributed by atoms with E-state index in [9.17, 15) is 28.1 Å². The van der Waals surface area contributed by atoms with Gasteiger partial charge in [0.25, 0.3) is 21.6 Å². The predicted octanol–water partition coefficient (Wildman–Crippen LogP) is 3.50. The number of nitro groups is 1. The molecule has 2 heterocycles. The number of sulfonamides is 1. The molecule has 1 spiro atoms. The number of piperidine rings is 1. The van der Waals surface area contributed by atoms with Crippen molar-refractivity contribution in [2.45, 2.75) is 43.4 Å². The molecule has 0 aromatic heterocycles. The normalized spacial score (nSPS) is 19.4. The number of benzene rings is 2. The number of nitrogens with zero attached hydrogens (tertiary/aromatic N) is 2. The summed E-state index contributed by atoms with van der Waals surface area (Å²) in [5.74, 6) is -0.175. The first-order valence-corrected chi connectivity index (χ1v) is 14.7. The molecule has 11 nitrogen and oxygen atoms in total. The van der Waals surface area contributed by atoms with E-state index in [4.69, 9.17) is 4.74 Å². The number of rotatable bonds is 8. The number of nitrogens with one attached hydrogen (secondary N) is 2. The zero-order chi connectivity index (χ0) is 27.6. The summed E-state index contributed by atoms with van der Waals surface area (Å²) < 4.78 is 33.2. The first-order chi connectivity index (χ1) is 18.6. The molecule has 2 aromatic carbocycles. The number of amides is 1. The number of nitro benzene ring substituents is 1. The van der Waals surface area contributed by atoms with Crippen LogP contribution in [0, 0.1) is 21.4 Å². The number of ether oxygens (including phenoxy) is 1. The number of carbonyl (C=O) groups excluding carboxylic acids is 2. The van der Waals surface area contributed by atoms with Gasteiger partial charge in [0.1, 0.15) is 11.5 Å². The number of Topliss-reactive ketones (excluding diaryl/α,β-unsaturated/α-hetero) is 1. The summed E-state index contributed by atoms with van der Waals surface area (Å²) in [6.07, 6.45) is 4.95. The van der Waals surface area contributed by atoms with Crippen LogP contribution >= 0.6 is 0 Å². The molecule has 1 saturated carbocycles. The molecule has 3 fully saturated rings. The Morgan fingerprint density at radius 1 is 1.08 bits per heavy atom. The molecule has 2 aromatic rings. The van der Waals surface area contributed by atoms with Gasteiger partial charge in [-0.05, 0) is 73.4 Å². The molecular formula is C27H32N4O7S. The second kappa shape index (κ2) is 10.9. The summed E-state index contributed by atoms with van der Waals surface area (Å²) in [6, 6.07) is 10.2. The van der Waals surface area contributed by atoms with E-state index in [0.29, 0.717) is 44.3 Å². The lowest BCUT2D eigenvalue weighted by Gasteiger charge is -2.47. The van der Waals surface area contributed by atoms with Gasteiger partial charge in [0.15, 0.2) is 0 Å². The van der Waals surface area contributed by atoms with E-state index in [1.54, 1.807) is 24.3 Å². The number of anilines is 2. The van der Waals surface area contributed by atoms with Crippen molar-refractivity contribution in [2.24, 2.45) is 11.3 Å². The Kier molecular flexibility index (Phi) is 7.59. The molecular weight excluding hydrogens is 524 g/mol. The largest absolute Gasteiger partial charge is 0.381 e. The minimum Gasteiger partial charge on any atom is -0.381 e. The van der Waals surface area contributed by atoms with Crippen LogP contribution in [0.3, 0.4) is 0 Å². The Morgan fingerprint density at radius 3 is 2.36 bits per heavy atom. The molecule has 39 heavy (non-hydrogen) atoms. The lowest BCUT2D eigenvalue weighted by molar-refractivity contribution is -0.384. The molecule has 12 heteroatoms. The van der Waals surface area contributed by atoms with Gasteiger partial charge >= 0.3 is 0 Å². The van der Waals surface area contributed by atoms with Crippen LogP contribution in [0.4, 0.5) is 17.1 Å². The molecule has 5 rings (SSSR count). The fourth-order valence-corrected chi connectivity index (χ4v) is 6.62. The van der Waals surface area contributed by atoms with Crippen LogP contribution in [0.15, 0.2) is 47.4 Å². The van der Waals surface area contributed by atoms with E-state index in [1.165, 1.54) is 12.1 Å². The molecule has 2 N–H and O–H groups in total. The predicted molar refractivity (Wildman–Crippen MR) is 144 cm³/mol. The molecule has 0 radical (unpaired) electrons. The molecule has 0 atom stereocenters. The highest BCUT2D eigenvalue weighted by Gasteiger charge is 2.45. The van der Waals surface area contributed by atoms with E-state index < -0.39 is 20.9 Å². The van der Waals surface area contributed by atoms with Crippen LogP contribution in [0.25, 0.3) is 0 Å². The zero-order valence-electron chi connectivity index (χ0n) is 21.6. The first-order valence-electron chi connectivity index (χ1n) is 13.2. The lowest BCUT2D eigenvalue weighted by atomic mass is 9.62. The molecule has 2 aliphatic heterocycles. The van der Waals surface area contributed by atoms with Crippen LogP contribution in [-0.2, 0) is 19.6 Å². The third-order valence-electron chi connectivity index (χ3n) is 8.09. The number of ketones is 1. The minimum atomic E-state index is -4.35. The Bertz CT molecular complexity index is 1350. The fourth-order valence-electron chi connectivity index (χ4n) is 5.63. The van der Waals surface area contributed by atoms with Crippen molar-refractivity contribution in [3.8, 4) is 0 Å². The maximum absolute atomic E-state index is 12.9. The third-order valence-corrected chi connectivity index (χ3v) is 9.42. The molecule has 2 saturated heterocycles. The van der Waals surface area contributed by atoms with Gasteiger partial charge in [0, 0.05) is 63.0 Å². The second-order valence-corrected chi connectivity index (χ2v) is 12.4. The Morgan fingerprint density at radius 2 is 1.74 bits per heavy atom. The standard InChI is InChI=1S/C27H32N4O7S/c32-22-16-27(17-22)9-11-30(12-10-27)21-3-1-20(2-4-21)26(33)29-39(36,37)23-5-6-24(25(15-23)31(34)35)28-18-19-7-13-38-14-8-19/h1-6,15,19,28H,7-14,16-18H2,(H,29,33). The van der Waals surface area contributed by atoms with Gasteiger partial charge in [-0.15, -0.1) is 0 Å². The quantitative estimate of drug-likeness (QED) is 0.368. The van der Waals surface area contributed by atoms with Gasteiger partial charge < -0.3 is 15.0 Å². The highest BCUT2D eigenvalue weighted by molar-refractivity contribution is 7.90. The Hall–Kier alpha value is -3.51. The SMILES string of the molecule is O=C1CC2(CCN(c3ccc(C(=O)NS(=O)(=O)c4ccc(NCC5CCOCC5)c([N+](=O)[O-])c4)cc3)CC2)C1. The van der Waals surface area contributed by atoms with E-state index in [2.05, 4.69) is 10.2 Å². The number of hydrogen-bond donors (Lipinski definition) is 2. The van der Waals surface area contributed by atoms with Gasteiger partial charge in [-0.1, -0.05) is 0 Å². The highest BCUT2D eigenvalue weighted by Crippen LogP contribution is 2.47. The van der Waals surface area contributed by atoms with E-state index in [-0.39, 0.29) is 27.2 Å². The van der Waals surface area contributed by atoms with Crippen molar-refractivity contribution in [3.63, 3.8) is 0 Å². The van der Waals surface area contributed by atoms with Crippen LogP contribution in [0.1, 0.15) is 48.9 Å². The van der Waals surface area contributed by atoms with E-state index in [1.807, 2.05) is 4.72 Å². The summed E-state index contributed by atoms with van der Waals surface area (Å²) in [6.45, 7) is 3.46. The average Bonchev–Trinajstić information content (AvgIpc) is 2.92. The molecule has 1 amide bonds. The molecule has 0 bridgehead atoms. The summed E-state index contributed by atoms with van der Waals surface area (Å²) in [5, 5.41) is 14.7. The summed E-state index contributed by atoms with van der Waals surface area (Å²) in [5.41, 5.74) is 1.09. The molecule has 1 aliphatic carbocycles. The maximum Gasteiger partial charge on any atom is 0.293 e. The summed E-state index contributed by atoms with van der Waals surface area (Å²) in [4.78, 5) is 37.0. The van der Waals surface area contributed by atoms with Gasteiger partial charge in [0.05, 0.1) is 9.82 Å². The van der Waals surface area contributed by atoms with Gasteiger partial charge in [-0.25, -0.2) is 13.1 Å². The third kappa shape index (κ3) is 6.06. The average molecular weight is 557 g/mol. The monoisotopic (exact) mass is 556 g/mol. The van der Waals surface area contributed by atoms with Crippen molar-refractivity contribution in [3.05, 3.63) is 58.1 Å². The highest BCUT2D eigenvalue weighted by atomic mass is 32.2. The van der Waals surface area contributed by atoms with Gasteiger partial charge in [-0.3, -0.25) is 19.7 Å². The van der Waals surface area contributed by atoms with Crippen molar-refractivity contribution >= 4 is 38.8 Å². The molecule has 3 aliphatic rings. The van der Waals surface area contributed by atoms with Gasteiger partial charge in [-0.2, -0.15) is 0 Å². The first kappa shape index (κ1) is 27.1. The van der Waals surface area contributed by atoms with E-state index >= 15 is 0 Å². The fraction of sp³-hybridized carbons (Fsp3) is 0.481. The minimum absolute atomic E-state index is 0.157. The van der Waals surface area contributed by atoms with E-state index in [0.717, 1.165) is 50.5 Å². The van der Waals surface area contributed by atoms with Crippen LogP contribution in [-0.4, -0.2) is 57.9 Å². The van der Waals surface area contributed by atoms with Crippen molar-refractivity contribution in [1.29, 1.82) is 0 Å². The zero-order valence-corrected chi connectivity index (χ0v) is 22.4. The molecule has 0 unspecified atom stereocenters. The maximum atomic E-state index is 12.9. The number of hydrogen-bond acceptors (Lipinski definition) is 9. The smallest absolute Gasteiger partial charge is 0.293 e. The second-order valence-electron chi connectivity index (χ2n) is 10.7. The summed E-state index contributed by atoms with van der Waals surface area (Å²) in [7, 11) is -4.35. The Balaban J connectivity index is 1.22. The molecule has 208 valence electrons. The van der Waals surface area contributed by atoms with Crippen LogP contribution in [0.5, 0.6) is 0 Å². The van der Waals surface area contributed by atoms with Crippen LogP contribution in [0.2, 0.25) is 0 Å². The topological polar surface area (TPSA) is 148 Å². The number of carbonyl (C=O) groups is 2. The summed E-state index contributed by atoms with van der Waals surface area (Å²) >= 11 is 0. The lowest BCUT2D eigenvalue weighted by Crippen LogP contribution is -2.47. The Labute approximate surface area is 227 Å². The van der Waals surface area contributed by atoms with Crippen molar-refractivity contribution in [1.82, 2.24) is 4.72 Å². The van der Waals surface area contributed by atoms with Crippen molar-refractivity contribution in [2.75, 3.05) is 43.1 Å². The van der Waals surface area contributed by atoms with Crippen LogP contribution < -0.4 is 14.9 Å². The van der Waals surface area contributed by atoms with Gasteiger partial charge in [0.2, 0.25) is 0 Å².